The van der Waals surface area contributed by atoms with Crippen molar-refractivity contribution in [1.82, 2.24) is 19.7 Å². The van der Waals surface area contributed by atoms with Crippen LogP contribution in [-0.4, -0.2) is 52.2 Å². The van der Waals surface area contributed by atoms with E-state index in [0.29, 0.717) is 29.4 Å². The van der Waals surface area contributed by atoms with Gasteiger partial charge in [-0.25, -0.2) is 4.98 Å². The number of rotatable bonds is 9. The summed E-state index contributed by atoms with van der Waals surface area (Å²) in [6.07, 6.45) is -0.683. The van der Waals surface area contributed by atoms with Gasteiger partial charge in [-0.2, -0.15) is 5.10 Å². The average molecular weight is 512 g/mol. The van der Waals surface area contributed by atoms with Crippen molar-refractivity contribution in [3.05, 3.63) is 72.1 Å². The van der Waals surface area contributed by atoms with Crippen LogP contribution in [0.3, 0.4) is 0 Å². The lowest BCUT2D eigenvalue weighted by Gasteiger charge is -2.15. The number of likely N-dealkylation sites (tertiary alicyclic amines) is 1. The molecule has 0 aliphatic carbocycles. The van der Waals surface area contributed by atoms with Gasteiger partial charge in [-0.1, -0.05) is 12.1 Å². The van der Waals surface area contributed by atoms with Crippen molar-refractivity contribution >= 4 is 5.69 Å². The van der Waals surface area contributed by atoms with Gasteiger partial charge in [-0.3, -0.25) is 4.68 Å². The summed E-state index contributed by atoms with van der Waals surface area (Å²) in [4.78, 5) is 6.96. The Morgan fingerprint density at radius 1 is 1.03 bits per heavy atom. The summed E-state index contributed by atoms with van der Waals surface area (Å²) in [5.74, 6) is 0.0463. The van der Waals surface area contributed by atoms with Crippen LogP contribution < -0.4 is 10.1 Å². The monoisotopic (exact) mass is 511 g/mol. The highest BCUT2D eigenvalue weighted by molar-refractivity contribution is 5.62. The van der Waals surface area contributed by atoms with E-state index >= 15 is 0 Å². The van der Waals surface area contributed by atoms with Crippen LogP contribution in [0.2, 0.25) is 0 Å². The molecule has 4 aromatic rings. The maximum Gasteiger partial charge on any atom is 0.573 e. The van der Waals surface area contributed by atoms with E-state index in [-0.39, 0.29) is 5.75 Å². The lowest BCUT2D eigenvalue weighted by molar-refractivity contribution is -0.274. The normalized spacial score (nSPS) is 14.3. The van der Waals surface area contributed by atoms with Gasteiger partial charge >= 0.3 is 6.36 Å². The Morgan fingerprint density at radius 3 is 2.57 bits per heavy atom. The second-order valence-corrected chi connectivity index (χ2v) is 9.11. The van der Waals surface area contributed by atoms with Crippen molar-refractivity contribution in [3.63, 3.8) is 0 Å². The summed E-state index contributed by atoms with van der Waals surface area (Å²) in [6, 6.07) is 15.7. The molecule has 1 fully saturated rings. The number of halogens is 3. The lowest BCUT2D eigenvalue weighted by atomic mass is 10.2. The molecule has 0 spiro atoms. The fourth-order valence-corrected chi connectivity index (χ4v) is 4.44. The van der Waals surface area contributed by atoms with E-state index in [1.165, 1.54) is 56.5 Å². The molecule has 194 valence electrons. The van der Waals surface area contributed by atoms with Gasteiger partial charge in [0.25, 0.3) is 0 Å². The lowest BCUT2D eigenvalue weighted by Crippen LogP contribution is -2.25. The highest BCUT2D eigenvalue weighted by Gasteiger charge is 2.31. The second-order valence-electron chi connectivity index (χ2n) is 9.11. The number of alkyl halides is 3. The van der Waals surface area contributed by atoms with Crippen LogP contribution in [0.15, 0.2) is 65.3 Å². The molecule has 1 saturated heterocycles. The zero-order chi connectivity index (χ0) is 25.8. The number of ether oxygens (including phenoxy) is 1. The molecule has 1 aliphatic rings. The zero-order valence-electron chi connectivity index (χ0n) is 20.5. The van der Waals surface area contributed by atoms with Crippen molar-refractivity contribution < 1.29 is 22.3 Å². The van der Waals surface area contributed by atoms with Gasteiger partial charge in [-0.05, 0) is 80.9 Å². The van der Waals surface area contributed by atoms with Crippen LogP contribution in [0.1, 0.15) is 24.1 Å². The smallest absolute Gasteiger partial charge is 0.443 e. The Bertz CT molecular complexity index is 1320. The van der Waals surface area contributed by atoms with Gasteiger partial charge in [0, 0.05) is 30.0 Å². The third-order valence-electron chi connectivity index (χ3n) is 6.30. The van der Waals surface area contributed by atoms with Crippen LogP contribution in [0, 0.1) is 6.92 Å². The van der Waals surface area contributed by atoms with Crippen LogP contribution in [0.4, 0.5) is 18.9 Å². The Hall–Kier alpha value is -3.79. The minimum absolute atomic E-state index is 0.291. The Balaban J connectivity index is 1.23. The molecule has 37 heavy (non-hydrogen) atoms. The minimum atomic E-state index is -4.73. The van der Waals surface area contributed by atoms with E-state index in [1.54, 1.807) is 0 Å². The number of aryl methyl sites for hydroxylation is 1. The van der Waals surface area contributed by atoms with E-state index in [9.17, 15) is 13.2 Å². The molecular weight excluding hydrogens is 483 g/mol. The zero-order valence-corrected chi connectivity index (χ0v) is 20.5. The molecule has 1 N–H and O–H groups in total. The van der Waals surface area contributed by atoms with E-state index in [4.69, 9.17) is 4.42 Å². The van der Waals surface area contributed by atoms with E-state index < -0.39 is 6.36 Å². The van der Waals surface area contributed by atoms with E-state index in [1.807, 2.05) is 23.7 Å². The van der Waals surface area contributed by atoms with Gasteiger partial charge < -0.3 is 19.4 Å². The van der Waals surface area contributed by atoms with E-state index in [0.717, 1.165) is 30.0 Å². The summed E-state index contributed by atoms with van der Waals surface area (Å²) >= 11 is 0. The molecule has 0 unspecified atom stereocenters. The molecule has 7 nitrogen and oxygen atoms in total. The number of anilines is 1. The quantitative estimate of drug-likeness (QED) is 0.299. The topological polar surface area (TPSA) is 68.3 Å². The predicted octanol–water partition coefficient (Wildman–Crippen LogP) is 5.97. The Morgan fingerprint density at radius 2 is 1.81 bits per heavy atom. The van der Waals surface area contributed by atoms with Crippen molar-refractivity contribution in [3.8, 4) is 28.6 Å². The molecule has 1 aliphatic heterocycles. The number of hydrogen-bond acceptors (Lipinski definition) is 6. The molecule has 0 amide bonds. The van der Waals surface area contributed by atoms with Crippen LogP contribution in [-0.2, 0) is 6.54 Å². The molecule has 0 radical (unpaired) electrons. The van der Waals surface area contributed by atoms with Gasteiger partial charge in [0.1, 0.15) is 23.4 Å². The van der Waals surface area contributed by atoms with Crippen LogP contribution in [0.5, 0.6) is 5.75 Å². The van der Waals surface area contributed by atoms with Gasteiger partial charge in [0.2, 0.25) is 5.89 Å². The summed E-state index contributed by atoms with van der Waals surface area (Å²) in [6.45, 7) is 6.92. The SMILES string of the molecule is Cc1cc(-c2nc(-c3ccc(OC(F)(F)F)cc3)co2)nn1Cc1cccc(NCCN2CCCC2)c1. The summed E-state index contributed by atoms with van der Waals surface area (Å²) in [5, 5.41) is 8.19. The van der Waals surface area contributed by atoms with Gasteiger partial charge in [-0.15, -0.1) is 13.2 Å². The summed E-state index contributed by atoms with van der Waals surface area (Å²) in [5.41, 5.74) is 4.85. The Kier molecular flexibility index (Phi) is 7.18. The third kappa shape index (κ3) is 6.51. The fourth-order valence-electron chi connectivity index (χ4n) is 4.44. The molecular formula is C27H28F3N5O2. The molecule has 0 atom stereocenters. The number of aromatic nitrogens is 3. The molecule has 5 rings (SSSR count). The first kappa shape index (κ1) is 24.9. The predicted molar refractivity (Wildman–Crippen MR) is 134 cm³/mol. The van der Waals surface area contributed by atoms with Crippen molar-refractivity contribution in [2.45, 2.75) is 32.7 Å². The van der Waals surface area contributed by atoms with Crippen molar-refractivity contribution in [1.29, 1.82) is 0 Å². The molecule has 0 bridgehead atoms. The van der Waals surface area contributed by atoms with Crippen molar-refractivity contribution in [2.24, 2.45) is 0 Å². The number of nitrogens with one attached hydrogen (secondary N) is 1. The van der Waals surface area contributed by atoms with Crippen LogP contribution >= 0.6 is 0 Å². The first-order chi connectivity index (χ1) is 17.8. The summed E-state index contributed by atoms with van der Waals surface area (Å²) < 4.78 is 48.6. The molecule has 3 heterocycles. The number of benzene rings is 2. The largest absolute Gasteiger partial charge is 0.573 e. The fraction of sp³-hybridized carbons (Fsp3) is 0.333. The highest BCUT2D eigenvalue weighted by Crippen LogP contribution is 2.28. The third-order valence-corrected chi connectivity index (χ3v) is 6.30. The second kappa shape index (κ2) is 10.7. The highest BCUT2D eigenvalue weighted by atomic mass is 19.4. The first-order valence-corrected chi connectivity index (χ1v) is 12.2. The number of oxazole rings is 1. The van der Waals surface area contributed by atoms with Crippen molar-refractivity contribution in [2.75, 3.05) is 31.5 Å². The maximum absolute atomic E-state index is 12.4. The molecule has 10 heteroatoms. The minimum Gasteiger partial charge on any atom is -0.443 e. The molecule has 2 aromatic carbocycles. The summed E-state index contributed by atoms with van der Waals surface area (Å²) in [7, 11) is 0. The molecule has 2 aromatic heterocycles. The maximum atomic E-state index is 12.4. The van der Waals surface area contributed by atoms with Crippen LogP contribution in [0.25, 0.3) is 22.8 Å². The first-order valence-electron chi connectivity index (χ1n) is 12.2. The standard InChI is InChI=1S/C27H28F3N5O2/c1-19-15-24(26-32-25(18-36-26)21-7-9-23(10-8-21)37-27(28,29)30)33-35(19)17-20-5-4-6-22(16-20)31-11-14-34-12-2-3-13-34/h4-10,15-16,18,31H,2-3,11-14,17H2,1H3. The van der Waals surface area contributed by atoms with Gasteiger partial charge in [0.15, 0.2) is 0 Å². The Labute approximate surface area is 212 Å². The number of nitrogens with zero attached hydrogens (tertiary/aromatic N) is 4. The number of hydrogen-bond donors (Lipinski definition) is 1. The van der Waals surface area contributed by atoms with Gasteiger partial charge in [0.05, 0.1) is 6.54 Å². The van der Waals surface area contributed by atoms with E-state index in [2.05, 4.69) is 43.2 Å². The average Bonchev–Trinajstić information content (AvgIpc) is 3.61. The molecule has 0 saturated carbocycles.